The standard InChI is InChI=1S/C35H42F2N2O4/c1-22-15-27(23-5-6-23)28(26-11-13-39(30(22)26)31(40)43-32(2,3)4)17-38-14-12-33(18-35(36,37)19-33)16-29(38)24-7-9-25(10-8-24)34(41)20-42-21-34/h7-11,13,15,23,29,41H,5-6,12,14,16-21H2,1-4H3/t29-/m1/s1. The van der Waals surface area contributed by atoms with Crippen molar-refractivity contribution < 1.29 is 28.2 Å². The van der Waals surface area contributed by atoms with Gasteiger partial charge in [0, 0.05) is 37.0 Å². The normalized spacial score (nSPS) is 24.5. The van der Waals surface area contributed by atoms with E-state index in [0.29, 0.717) is 18.9 Å². The van der Waals surface area contributed by atoms with Gasteiger partial charge in [-0.2, -0.15) is 0 Å². The molecule has 0 bridgehead atoms. The number of likely N-dealkylation sites (tertiary alicyclic amines) is 1. The fourth-order valence-electron chi connectivity index (χ4n) is 7.76. The van der Waals surface area contributed by atoms with E-state index in [1.54, 1.807) is 4.57 Å². The lowest BCUT2D eigenvalue weighted by Crippen LogP contribution is -2.53. The molecule has 43 heavy (non-hydrogen) atoms. The molecule has 7 rings (SSSR count). The quantitative estimate of drug-likeness (QED) is 0.331. The van der Waals surface area contributed by atoms with E-state index in [0.717, 1.165) is 53.4 Å². The lowest BCUT2D eigenvalue weighted by Gasteiger charge is -2.55. The van der Waals surface area contributed by atoms with Crippen LogP contribution in [0.5, 0.6) is 0 Å². The summed E-state index contributed by atoms with van der Waals surface area (Å²) in [6.45, 7) is 9.65. The lowest BCUT2D eigenvalue weighted by atomic mass is 9.59. The monoisotopic (exact) mass is 592 g/mol. The summed E-state index contributed by atoms with van der Waals surface area (Å²) in [4.78, 5) is 15.6. The fourth-order valence-corrected chi connectivity index (χ4v) is 7.76. The lowest BCUT2D eigenvalue weighted by molar-refractivity contribution is -0.186. The van der Waals surface area contributed by atoms with Crippen LogP contribution in [-0.4, -0.2) is 51.9 Å². The summed E-state index contributed by atoms with van der Waals surface area (Å²) < 4.78 is 41.0. The van der Waals surface area contributed by atoms with Crippen molar-refractivity contribution in [1.29, 1.82) is 0 Å². The number of nitrogens with zero attached hydrogens (tertiary/aromatic N) is 2. The van der Waals surface area contributed by atoms with Crippen molar-refractivity contribution in [1.82, 2.24) is 9.47 Å². The minimum absolute atomic E-state index is 0.0254. The largest absolute Gasteiger partial charge is 0.443 e. The molecule has 0 radical (unpaired) electrons. The molecular formula is C35H42F2N2O4. The van der Waals surface area contributed by atoms with E-state index in [2.05, 4.69) is 30.0 Å². The van der Waals surface area contributed by atoms with Gasteiger partial charge in [0.25, 0.3) is 0 Å². The van der Waals surface area contributed by atoms with Crippen LogP contribution < -0.4 is 0 Å². The van der Waals surface area contributed by atoms with Crippen LogP contribution in [0.15, 0.2) is 42.6 Å². The topological polar surface area (TPSA) is 63.9 Å². The zero-order valence-electron chi connectivity index (χ0n) is 25.6. The van der Waals surface area contributed by atoms with Gasteiger partial charge in [0.2, 0.25) is 5.92 Å². The summed E-state index contributed by atoms with van der Waals surface area (Å²) >= 11 is 0. The van der Waals surface area contributed by atoms with Crippen molar-refractivity contribution in [3.63, 3.8) is 0 Å². The van der Waals surface area contributed by atoms with E-state index in [1.165, 1.54) is 11.1 Å². The molecule has 1 aromatic heterocycles. The Labute approximate surface area is 252 Å². The number of aryl methyl sites for hydroxylation is 1. The number of hydrogen-bond donors (Lipinski definition) is 1. The number of alkyl halides is 2. The molecule has 2 aromatic carbocycles. The predicted octanol–water partition coefficient (Wildman–Crippen LogP) is 7.58. The Morgan fingerprint density at radius 2 is 1.81 bits per heavy atom. The van der Waals surface area contributed by atoms with E-state index < -0.39 is 23.2 Å². The number of aliphatic hydroxyl groups is 1. The van der Waals surface area contributed by atoms with Crippen LogP contribution >= 0.6 is 0 Å². The van der Waals surface area contributed by atoms with Gasteiger partial charge in [0.1, 0.15) is 11.2 Å². The van der Waals surface area contributed by atoms with E-state index in [9.17, 15) is 18.7 Å². The summed E-state index contributed by atoms with van der Waals surface area (Å²) in [7, 11) is 0. The van der Waals surface area contributed by atoms with E-state index in [-0.39, 0.29) is 37.5 Å². The highest BCUT2D eigenvalue weighted by molar-refractivity contribution is 5.94. The van der Waals surface area contributed by atoms with Gasteiger partial charge in [0.15, 0.2) is 0 Å². The molecule has 0 unspecified atom stereocenters. The molecule has 3 heterocycles. The maximum absolute atomic E-state index is 14.2. The summed E-state index contributed by atoms with van der Waals surface area (Å²) in [5.74, 6) is -2.07. The Morgan fingerprint density at radius 1 is 1.12 bits per heavy atom. The van der Waals surface area contributed by atoms with Gasteiger partial charge in [-0.05, 0) is 105 Å². The first-order valence-electron chi connectivity index (χ1n) is 15.6. The van der Waals surface area contributed by atoms with Crippen molar-refractivity contribution in [3.8, 4) is 0 Å². The highest BCUT2D eigenvalue weighted by Crippen LogP contribution is 2.60. The highest BCUT2D eigenvalue weighted by atomic mass is 19.3. The third kappa shape index (κ3) is 5.29. The molecule has 0 amide bonds. The van der Waals surface area contributed by atoms with Crippen LogP contribution in [0.3, 0.4) is 0 Å². The molecule has 1 N–H and O–H groups in total. The number of aromatic nitrogens is 1. The predicted molar refractivity (Wildman–Crippen MR) is 160 cm³/mol. The molecule has 8 heteroatoms. The van der Waals surface area contributed by atoms with Crippen LogP contribution in [0.25, 0.3) is 10.9 Å². The zero-order chi connectivity index (χ0) is 30.4. The molecule has 1 atom stereocenters. The fraction of sp³-hybridized carbons (Fsp3) is 0.571. The van der Waals surface area contributed by atoms with Crippen molar-refractivity contribution in [3.05, 3.63) is 70.4 Å². The second kappa shape index (κ2) is 9.85. The zero-order valence-corrected chi connectivity index (χ0v) is 25.6. The van der Waals surface area contributed by atoms with Gasteiger partial charge in [-0.1, -0.05) is 30.3 Å². The number of benzene rings is 2. The highest BCUT2D eigenvalue weighted by Gasteiger charge is 2.58. The van der Waals surface area contributed by atoms with Gasteiger partial charge >= 0.3 is 6.09 Å². The molecular weight excluding hydrogens is 550 g/mol. The van der Waals surface area contributed by atoms with Crippen molar-refractivity contribution >= 4 is 17.0 Å². The average molecular weight is 593 g/mol. The maximum Gasteiger partial charge on any atom is 0.418 e. The summed E-state index contributed by atoms with van der Waals surface area (Å²) in [6, 6.07) is 12.3. The van der Waals surface area contributed by atoms with Crippen molar-refractivity contribution in [2.75, 3.05) is 19.8 Å². The molecule has 2 saturated heterocycles. The number of halogens is 2. The van der Waals surface area contributed by atoms with E-state index in [4.69, 9.17) is 9.47 Å². The molecule has 3 aromatic rings. The number of rotatable bonds is 5. The summed E-state index contributed by atoms with van der Waals surface area (Å²) in [6.07, 6.45) is 5.08. The Balaban J connectivity index is 1.25. The minimum atomic E-state index is -2.57. The van der Waals surface area contributed by atoms with Gasteiger partial charge in [0.05, 0.1) is 18.7 Å². The first-order chi connectivity index (χ1) is 20.2. The smallest absolute Gasteiger partial charge is 0.418 e. The Kier molecular flexibility index (Phi) is 6.62. The number of hydrogen-bond acceptors (Lipinski definition) is 5. The Bertz CT molecular complexity index is 1560. The van der Waals surface area contributed by atoms with Crippen LogP contribution in [0, 0.1) is 12.3 Å². The summed E-state index contributed by atoms with van der Waals surface area (Å²) in [5.41, 5.74) is 4.50. The number of ether oxygens (including phenoxy) is 2. The summed E-state index contributed by atoms with van der Waals surface area (Å²) in [5, 5.41) is 11.8. The number of piperidine rings is 1. The molecule has 2 saturated carbocycles. The average Bonchev–Trinajstić information content (AvgIpc) is 3.64. The molecule has 6 nitrogen and oxygen atoms in total. The number of carbonyl (C=O) groups is 1. The maximum atomic E-state index is 14.2. The van der Waals surface area contributed by atoms with Crippen LogP contribution in [0.4, 0.5) is 13.6 Å². The molecule has 1 spiro atoms. The van der Waals surface area contributed by atoms with Gasteiger partial charge in [-0.25, -0.2) is 13.6 Å². The number of carbonyl (C=O) groups excluding carboxylic acids is 1. The van der Waals surface area contributed by atoms with E-state index in [1.807, 2.05) is 45.2 Å². The van der Waals surface area contributed by atoms with Crippen molar-refractivity contribution in [2.24, 2.45) is 5.41 Å². The first-order valence-corrected chi connectivity index (χ1v) is 15.6. The van der Waals surface area contributed by atoms with Gasteiger partial charge in [-0.3, -0.25) is 9.47 Å². The molecule has 4 aliphatic rings. The molecule has 2 aliphatic heterocycles. The molecule has 4 fully saturated rings. The van der Waals surface area contributed by atoms with Crippen LogP contribution in [0.1, 0.15) is 99.1 Å². The van der Waals surface area contributed by atoms with E-state index >= 15 is 0 Å². The third-order valence-corrected chi connectivity index (χ3v) is 10.1. The van der Waals surface area contributed by atoms with Crippen molar-refractivity contribution in [2.45, 2.75) is 102 Å². The van der Waals surface area contributed by atoms with Crippen LogP contribution in [0.2, 0.25) is 0 Å². The molecule has 230 valence electrons. The first kappa shape index (κ1) is 28.9. The number of fused-ring (bicyclic) bond motifs is 1. The SMILES string of the molecule is Cc1cc(C2CC2)c(CN2CCC3(C[C@@H]2c2ccc(C4(O)COC4)cc2)CC(F)(F)C3)c2ccn(C(=O)OC(C)(C)C)c12. The minimum Gasteiger partial charge on any atom is -0.443 e. The Hall–Kier alpha value is -2.81. The second-order valence-corrected chi connectivity index (χ2v) is 14.8. The Morgan fingerprint density at radius 3 is 2.40 bits per heavy atom. The third-order valence-electron chi connectivity index (χ3n) is 10.1. The molecule has 2 aliphatic carbocycles. The van der Waals surface area contributed by atoms with Gasteiger partial charge in [-0.15, -0.1) is 0 Å². The van der Waals surface area contributed by atoms with Gasteiger partial charge < -0.3 is 14.6 Å². The van der Waals surface area contributed by atoms with Crippen LogP contribution in [-0.2, 0) is 21.6 Å². The second-order valence-electron chi connectivity index (χ2n) is 14.8.